The Morgan fingerprint density at radius 3 is 2.38 bits per heavy atom. The molecule has 1 saturated heterocycles. The number of rotatable bonds is 10. The summed E-state index contributed by atoms with van der Waals surface area (Å²) < 4.78 is 5.80. The van der Waals surface area contributed by atoms with Crippen molar-refractivity contribution >= 4 is 35.9 Å². The predicted octanol–water partition coefficient (Wildman–Crippen LogP) is 1.83. The number of nitrogens with one attached hydrogen (secondary N) is 2. The Labute approximate surface area is 192 Å². The molecule has 0 bridgehead atoms. The molecule has 1 aliphatic heterocycles. The van der Waals surface area contributed by atoms with Crippen molar-refractivity contribution in [3.8, 4) is 0 Å². The molecule has 2 N–H and O–H groups in total. The first-order valence-corrected chi connectivity index (χ1v) is 10.4. The highest BCUT2D eigenvalue weighted by Crippen LogP contribution is 2.10. The molecular formula is C20H38IN7O. The van der Waals surface area contributed by atoms with Crippen LogP contribution in [0, 0.1) is 5.92 Å². The van der Waals surface area contributed by atoms with Crippen LogP contribution in [0.5, 0.6) is 0 Å². The second-order valence-electron chi connectivity index (χ2n) is 7.33. The molecule has 1 aromatic rings. The van der Waals surface area contributed by atoms with E-state index in [2.05, 4.69) is 56.2 Å². The summed E-state index contributed by atoms with van der Waals surface area (Å²) in [6, 6.07) is 1.85. The minimum atomic E-state index is 0. The first-order chi connectivity index (χ1) is 13.6. The minimum absolute atomic E-state index is 0. The maximum absolute atomic E-state index is 5.80. The van der Waals surface area contributed by atoms with Gasteiger partial charge in [-0.05, 0) is 25.3 Å². The molecule has 1 fully saturated rings. The number of piperazine rings is 1. The van der Waals surface area contributed by atoms with E-state index in [1.807, 2.05) is 13.1 Å². The van der Waals surface area contributed by atoms with Crippen LogP contribution in [0.15, 0.2) is 23.5 Å². The van der Waals surface area contributed by atoms with Crippen molar-refractivity contribution in [3.05, 3.63) is 18.5 Å². The van der Waals surface area contributed by atoms with E-state index in [1.165, 1.54) is 0 Å². The van der Waals surface area contributed by atoms with Crippen LogP contribution in [-0.2, 0) is 4.74 Å². The second kappa shape index (κ2) is 14.7. The van der Waals surface area contributed by atoms with Gasteiger partial charge in [-0.15, -0.1) is 24.0 Å². The van der Waals surface area contributed by atoms with E-state index in [4.69, 9.17) is 4.74 Å². The summed E-state index contributed by atoms with van der Waals surface area (Å²) >= 11 is 0. The lowest BCUT2D eigenvalue weighted by Gasteiger charge is -2.34. The molecular weight excluding hydrogens is 481 g/mol. The zero-order valence-corrected chi connectivity index (χ0v) is 20.6. The molecule has 1 aromatic heterocycles. The quantitative estimate of drug-likeness (QED) is 0.278. The third kappa shape index (κ3) is 9.43. The molecule has 1 atom stereocenters. The summed E-state index contributed by atoms with van der Waals surface area (Å²) in [5.74, 6) is 2.21. The Bertz CT molecular complexity index is 565. The molecule has 2 heterocycles. The summed E-state index contributed by atoms with van der Waals surface area (Å²) in [5.41, 5.74) is 0. The molecule has 0 saturated carbocycles. The SMILES string of the molecule is CCOC(CCNC(=NC)NCCN1CCN(c2ncccn2)CC1)C(C)C.I. The molecule has 0 amide bonds. The van der Waals surface area contributed by atoms with Gasteiger partial charge < -0.3 is 20.3 Å². The maximum Gasteiger partial charge on any atom is 0.225 e. The monoisotopic (exact) mass is 519 g/mol. The topological polar surface area (TPSA) is 77.9 Å². The maximum atomic E-state index is 5.80. The summed E-state index contributed by atoms with van der Waals surface area (Å²) in [6.45, 7) is 13.9. The number of hydrogen-bond acceptors (Lipinski definition) is 6. The van der Waals surface area contributed by atoms with E-state index < -0.39 is 0 Å². The number of nitrogens with zero attached hydrogens (tertiary/aromatic N) is 5. The summed E-state index contributed by atoms with van der Waals surface area (Å²) in [7, 11) is 1.82. The predicted molar refractivity (Wildman–Crippen MR) is 130 cm³/mol. The number of guanidine groups is 1. The molecule has 0 spiro atoms. The molecule has 29 heavy (non-hydrogen) atoms. The Hall–Kier alpha value is -1.20. The Balaban J connectivity index is 0.00000420. The standard InChI is InChI=1S/C20H37N7O.HI/c1-5-28-18(17(2)3)7-10-22-19(21-4)23-11-12-26-13-15-27(16-14-26)20-24-8-6-9-25-20;/h6,8-9,17-18H,5,7,10-16H2,1-4H3,(H2,21,22,23);1H. The van der Waals surface area contributed by atoms with Gasteiger partial charge in [0.1, 0.15) is 0 Å². The Morgan fingerprint density at radius 2 is 1.79 bits per heavy atom. The van der Waals surface area contributed by atoms with Crippen LogP contribution in [-0.4, -0.2) is 86.4 Å². The van der Waals surface area contributed by atoms with Crippen molar-refractivity contribution in [2.45, 2.75) is 33.3 Å². The van der Waals surface area contributed by atoms with E-state index >= 15 is 0 Å². The average molecular weight is 519 g/mol. The highest BCUT2D eigenvalue weighted by Gasteiger charge is 2.18. The zero-order valence-electron chi connectivity index (χ0n) is 18.3. The number of hydrogen-bond donors (Lipinski definition) is 2. The smallest absolute Gasteiger partial charge is 0.225 e. The van der Waals surface area contributed by atoms with Crippen molar-refractivity contribution in [1.29, 1.82) is 0 Å². The van der Waals surface area contributed by atoms with Crippen LogP contribution in [0.3, 0.4) is 0 Å². The molecule has 8 nitrogen and oxygen atoms in total. The molecule has 0 aliphatic carbocycles. The minimum Gasteiger partial charge on any atom is -0.378 e. The van der Waals surface area contributed by atoms with Gasteiger partial charge in [0.15, 0.2) is 5.96 Å². The molecule has 0 aromatic carbocycles. The highest BCUT2D eigenvalue weighted by atomic mass is 127. The van der Waals surface area contributed by atoms with Crippen LogP contribution < -0.4 is 15.5 Å². The van der Waals surface area contributed by atoms with Crippen LogP contribution >= 0.6 is 24.0 Å². The number of aliphatic imine (C=N–C) groups is 1. The number of anilines is 1. The van der Waals surface area contributed by atoms with Crippen LogP contribution in [0.4, 0.5) is 5.95 Å². The van der Waals surface area contributed by atoms with Gasteiger partial charge in [0.25, 0.3) is 0 Å². The lowest BCUT2D eigenvalue weighted by Crippen LogP contribution is -2.49. The van der Waals surface area contributed by atoms with Gasteiger partial charge in [-0.1, -0.05) is 13.8 Å². The molecule has 2 rings (SSSR count). The van der Waals surface area contributed by atoms with Gasteiger partial charge in [-0.3, -0.25) is 9.89 Å². The normalized spacial score (nSPS) is 16.4. The van der Waals surface area contributed by atoms with E-state index in [0.29, 0.717) is 12.0 Å². The lowest BCUT2D eigenvalue weighted by atomic mass is 10.0. The van der Waals surface area contributed by atoms with Gasteiger partial charge in [0.05, 0.1) is 6.10 Å². The fraction of sp³-hybridized carbons (Fsp3) is 0.750. The van der Waals surface area contributed by atoms with E-state index in [-0.39, 0.29) is 24.0 Å². The number of aromatic nitrogens is 2. The first-order valence-electron chi connectivity index (χ1n) is 10.4. The molecule has 9 heteroatoms. The van der Waals surface area contributed by atoms with Crippen molar-refractivity contribution in [2.75, 3.05) is 64.4 Å². The highest BCUT2D eigenvalue weighted by molar-refractivity contribution is 14.0. The molecule has 1 aliphatic rings. The third-order valence-electron chi connectivity index (χ3n) is 5.00. The van der Waals surface area contributed by atoms with Gasteiger partial charge in [0, 0.05) is 71.9 Å². The number of ether oxygens (including phenoxy) is 1. The Kier molecular flexibility index (Phi) is 13.1. The lowest BCUT2D eigenvalue weighted by molar-refractivity contribution is 0.0258. The van der Waals surface area contributed by atoms with Crippen molar-refractivity contribution < 1.29 is 4.74 Å². The zero-order chi connectivity index (χ0) is 20.2. The average Bonchev–Trinajstić information content (AvgIpc) is 2.73. The van der Waals surface area contributed by atoms with Crippen LogP contribution in [0.2, 0.25) is 0 Å². The van der Waals surface area contributed by atoms with Gasteiger partial charge in [-0.2, -0.15) is 0 Å². The summed E-state index contributed by atoms with van der Waals surface area (Å²) in [5, 5.41) is 6.81. The summed E-state index contributed by atoms with van der Waals surface area (Å²) in [4.78, 5) is 17.7. The molecule has 166 valence electrons. The van der Waals surface area contributed by atoms with E-state index in [9.17, 15) is 0 Å². The molecule has 0 radical (unpaired) electrons. The van der Waals surface area contributed by atoms with Gasteiger partial charge >= 0.3 is 0 Å². The van der Waals surface area contributed by atoms with Crippen molar-refractivity contribution in [2.24, 2.45) is 10.9 Å². The number of halogens is 1. The largest absolute Gasteiger partial charge is 0.378 e. The Morgan fingerprint density at radius 1 is 1.14 bits per heavy atom. The van der Waals surface area contributed by atoms with Gasteiger partial charge in [-0.25, -0.2) is 9.97 Å². The summed E-state index contributed by atoms with van der Waals surface area (Å²) in [6.07, 6.45) is 4.88. The fourth-order valence-corrected chi connectivity index (χ4v) is 3.34. The van der Waals surface area contributed by atoms with E-state index in [0.717, 1.165) is 70.7 Å². The van der Waals surface area contributed by atoms with Crippen molar-refractivity contribution in [1.82, 2.24) is 25.5 Å². The first kappa shape index (κ1) is 25.8. The van der Waals surface area contributed by atoms with Crippen molar-refractivity contribution in [3.63, 3.8) is 0 Å². The second-order valence-corrected chi connectivity index (χ2v) is 7.33. The van der Waals surface area contributed by atoms with E-state index in [1.54, 1.807) is 12.4 Å². The van der Waals surface area contributed by atoms with Crippen LogP contribution in [0.25, 0.3) is 0 Å². The third-order valence-corrected chi connectivity index (χ3v) is 5.00. The van der Waals surface area contributed by atoms with Gasteiger partial charge in [0.2, 0.25) is 5.95 Å². The van der Waals surface area contributed by atoms with Crippen LogP contribution in [0.1, 0.15) is 27.2 Å². The fourth-order valence-electron chi connectivity index (χ4n) is 3.34. The molecule has 1 unspecified atom stereocenters.